The molecule has 0 saturated carbocycles. The Morgan fingerprint density at radius 1 is 1.29 bits per heavy atom. The van der Waals surface area contributed by atoms with Crippen LogP contribution in [-0.2, 0) is 17.4 Å². The molecule has 0 spiro atoms. The average molecular weight is 414 g/mol. The monoisotopic (exact) mass is 414 g/mol. The molecule has 7 nitrogen and oxygen atoms in total. The normalized spacial score (nSPS) is 18.5. The van der Waals surface area contributed by atoms with Crippen LogP contribution in [0.25, 0.3) is 11.3 Å². The van der Waals surface area contributed by atoms with Gasteiger partial charge in [0.25, 0.3) is 0 Å². The Bertz CT molecular complexity index is 872. The lowest BCUT2D eigenvalue weighted by Gasteiger charge is -2.24. The molecule has 11 heteroatoms. The highest BCUT2D eigenvalue weighted by Crippen LogP contribution is 2.36. The fraction of sp³-hybridized carbons (Fsp3) is 0.412. The second-order valence-electron chi connectivity index (χ2n) is 6.54. The van der Waals surface area contributed by atoms with E-state index in [0.717, 1.165) is 43.6 Å². The van der Waals surface area contributed by atoms with Gasteiger partial charge >= 0.3 is 6.18 Å². The van der Waals surface area contributed by atoms with Gasteiger partial charge in [0.05, 0.1) is 16.9 Å². The van der Waals surface area contributed by atoms with E-state index in [4.69, 9.17) is 0 Å². The lowest BCUT2D eigenvalue weighted by molar-refractivity contribution is -0.137. The maximum atomic E-state index is 13.0. The predicted octanol–water partition coefficient (Wildman–Crippen LogP) is 2.84. The van der Waals surface area contributed by atoms with Crippen LogP contribution < -0.4 is 15.4 Å². The van der Waals surface area contributed by atoms with Crippen molar-refractivity contribution in [3.05, 3.63) is 35.4 Å². The van der Waals surface area contributed by atoms with Crippen molar-refractivity contribution in [3.63, 3.8) is 0 Å². The third kappa shape index (κ3) is 4.97. The number of nitrogens with zero attached hydrogens (tertiary/aromatic N) is 2. The Morgan fingerprint density at radius 3 is 2.68 bits per heavy atom. The van der Waals surface area contributed by atoms with E-state index in [2.05, 4.69) is 20.8 Å². The predicted molar refractivity (Wildman–Crippen MR) is 99.3 cm³/mol. The lowest BCUT2D eigenvalue weighted by Crippen LogP contribution is -2.38. The fourth-order valence-corrected chi connectivity index (χ4v) is 3.39. The lowest BCUT2D eigenvalue weighted by atomic mass is 10.0. The zero-order valence-electron chi connectivity index (χ0n) is 15.0. The van der Waals surface area contributed by atoms with Crippen LogP contribution in [0, 0.1) is 6.92 Å². The van der Waals surface area contributed by atoms with Crippen LogP contribution >= 0.6 is 0 Å². The van der Waals surface area contributed by atoms with Crippen molar-refractivity contribution in [3.8, 4) is 11.3 Å². The summed E-state index contributed by atoms with van der Waals surface area (Å²) in [6, 6.07) is 4.68. The summed E-state index contributed by atoms with van der Waals surface area (Å²) in [6.07, 6.45) is -2.55. The Morgan fingerprint density at radius 2 is 2.07 bits per heavy atom. The molecular weight excluding hydrogens is 395 g/mol. The molecule has 1 aromatic carbocycles. The number of aryl methyl sites for hydroxylation is 1. The van der Waals surface area contributed by atoms with E-state index < -0.39 is 23.0 Å². The molecule has 1 aromatic heterocycles. The minimum atomic E-state index is -4.59. The summed E-state index contributed by atoms with van der Waals surface area (Å²) in [6.45, 7) is 3.59. The van der Waals surface area contributed by atoms with E-state index in [1.807, 2.05) is 4.72 Å². The van der Waals surface area contributed by atoms with Crippen molar-refractivity contribution in [1.29, 1.82) is 0 Å². The Balaban J connectivity index is 1.91. The minimum Gasteiger partial charge on any atom is -0.755 e. The van der Waals surface area contributed by atoms with Crippen LogP contribution in [0.4, 0.5) is 24.7 Å². The molecule has 1 aliphatic heterocycles. The molecule has 2 atom stereocenters. The molecule has 28 heavy (non-hydrogen) atoms. The summed E-state index contributed by atoms with van der Waals surface area (Å²) < 4.78 is 62.9. The van der Waals surface area contributed by atoms with Crippen LogP contribution in [0.2, 0.25) is 0 Å². The Kier molecular flexibility index (Phi) is 6.16. The van der Waals surface area contributed by atoms with Gasteiger partial charge in [-0.15, -0.1) is 10.2 Å². The molecule has 0 amide bonds. The molecule has 1 fully saturated rings. The van der Waals surface area contributed by atoms with Gasteiger partial charge in [-0.05, 0) is 50.1 Å². The highest BCUT2D eigenvalue weighted by Gasteiger charge is 2.31. The summed E-state index contributed by atoms with van der Waals surface area (Å²) in [5, 5.41) is 14.8. The standard InChI is InChI=1S/C17H20F3N5O2S/c1-10-7-14(23-24-16(10)22-12-3-2-6-21-9-12)13-5-4-11(17(18,19)20)8-15(13)25-28(26)27/h4-5,7-8,12,21,25H,2-3,6,9H2,1H3,(H,22,24)(H,26,27)/p-1. The summed E-state index contributed by atoms with van der Waals surface area (Å²) in [7, 11) is 0. The van der Waals surface area contributed by atoms with Crippen molar-refractivity contribution < 1.29 is 21.9 Å². The van der Waals surface area contributed by atoms with Gasteiger partial charge in [0.15, 0.2) is 5.82 Å². The minimum absolute atomic E-state index is 0.207. The molecule has 0 bridgehead atoms. The molecule has 1 aliphatic rings. The average Bonchev–Trinajstić information content (AvgIpc) is 2.63. The van der Waals surface area contributed by atoms with Crippen molar-refractivity contribution in [1.82, 2.24) is 15.5 Å². The highest BCUT2D eigenvalue weighted by atomic mass is 32.2. The summed E-state index contributed by atoms with van der Waals surface area (Å²) in [5.41, 5.74) is 0.0564. The molecule has 0 aliphatic carbocycles. The molecule has 3 rings (SSSR count). The third-order valence-corrected chi connectivity index (χ3v) is 4.82. The Labute approximate surface area is 162 Å². The molecule has 3 N–H and O–H groups in total. The van der Waals surface area contributed by atoms with Crippen LogP contribution in [0.15, 0.2) is 24.3 Å². The number of benzene rings is 1. The van der Waals surface area contributed by atoms with Gasteiger partial charge in [-0.2, -0.15) is 13.2 Å². The third-order valence-electron chi connectivity index (χ3n) is 4.44. The van der Waals surface area contributed by atoms with Gasteiger partial charge in [-0.3, -0.25) is 4.21 Å². The number of anilines is 2. The van der Waals surface area contributed by atoms with Crippen LogP contribution in [0.3, 0.4) is 0 Å². The number of hydrogen-bond donors (Lipinski definition) is 3. The van der Waals surface area contributed by atoms with Crippen LogP contribution in [0.1, 0.15) is 24.0 Å². The number of aromatic nitrogens is 2. The van der Waals surface area contributed by atoms with Crippen molar-refractivity contribution in [2.75, 3.05) is 23.1 Å². The van der Waals surface area contributed by atoms with Crippen LogP contribution in [0.5, 0.6) is 0 Å². The molecule has 1 saturated heterocycles. The van der Waals surface area contributed by atoms with E-state index in [1.54, 1.807) is 13.0 Å². The summed E-state index contributed by atoms with van der Waals surface area (Å²) in [4.78, 5) is 0. The molecule has 2 aromatic rings. The summed E-state index contributed by atoms with van der Waals surface area (Å²) in [5.74, 6) is 0.589. The zero-order valence-corrected chi connectivity index (χ0v) is 15.8. The SMILES string of the molecule is Cc1cc(-c2ccc(C(F)(F)F)cc2NS(=O)[O-])nnc1NC1CCCNC1. The second-order valence-corrected chi connectivity index (χ2v) is 7.22. The first-order valence-electron chi connectivity index (χ1n) is 8.63. The fourth-order valence-electron chi connectivity index (χ4n) is 3.05. The van der Waals surface area contributed by atoms with Gasteiger partial charge in [-0.1, -0.05) is 6.07 Å². The first-order valence-corrected chi connectivity index (χ1v) is 9.70. The number of rotatable bonds is 5. The maximum Gasteiger partial charge on any atom is 0.416 e. The van der Waals surface area contributed by atoms with Gasteiger partial charge in [0.1, 0.15) is 0 Å². The highest BCUT2D eigenvalue weighted by molar-refractivity contribution is 7.80. The number of piperidine rings is 1. The number of hydrogen-bond acceptors (Lipinski definition) is 6. The van der Waals surface area contributed by atoms with Gasteiger partial charge in [-0.25, -0.2) is 0 Å². The Hall–Kier alpha value is -2.24. The number of nitrogens with one attached hydrogen (secondary N) is 3. The first-order chi connectivity index (χ1) is 13.2. The quantitative estimate of drug-likeness (QED) is 0.651. The van der Waals surface area contributed by atoms with Gasteiger partial charge in [0.2, 0.25) is 0 Å². The smallest absolute Gasteiger partial charge is 0.416 e. The van der Waals surface area contributed by atoms with E-state index in [1.165, 1.54) is 6.07 Å². The van der Waals surface area contributed by atoms with E-state index in [-0.39, 0.29) is 23.0 Å². The molecule has 2 heterocycles. The largest absolute Gasteiger partial charge is 0.755 e. The molecule has 2 unspecified atom stereocenters. The molecule has 152 valence electrons. The maximum absolute atomic E-state index is 13.0. The topological polar surface area (TPSA) is 102 Å². The molecule has 0 radical (unpaired) electrons. The second kappa shape index (κ2) is 8.41. The van der Waals surface area contributed by atoms with Crippen molar-refractivity contribution in [2.45, 2.75) is 32.0 Å². The van der Waals surface area contributed by atoms with Crippen molar-refractivity contribution >= 4 is 22.8 Å². The van der Waals surface area contributed by atoms with E-state index in [0.29, 0.717) is 5.82 Å². The first kappa shape index (κ1) is 20.5. The zero-order chi connectivity index (χ0) is 20.3. The number of alkyl halides is 3. The number of halogens is 3. The van der Waals surface area contributed by atoms with Gasteiger partial charge < -0.3 is 19.9 Å². The van der Waals surface area contributed by atoms with Crippen molar-refractivity contribution in [2.24, 2.45) is 0 Å². The molecular formula is C17H19F3N5O2S-. The van der Waals surface area contributed by atoms with Crippen LogP contribution in [-0.4, -0.2) is 38.1 Å². The summed E-state index contributed by atoms with van der Waals surface area (Å²) >= 11 is -2.79. The van der Waals surface area contributed by atoms with Gasteiger partial charge in [0, 0.05) is 29.4 Å². The van der Waals surface area contributed by atoms with E-state index in [9.17, 15) is 21.9 Å². The van der Waals surface area contributed by atoms with E-state index >= 15 is 0 Å².